The van der Waals surface area contributed by atoms with Gasteiger partial charge >= 0.3 is 0 Å². The molecule has 2 N–H and O–H groups in total. The van der Waals surface area contributed by atoms with Crippen LogP contribution >= 0.6 is 12.4 Å². The van der Waals surface area contributed by atoms with Crippen LogP contribution in [0.4, 0.5) is 5.69 Å². The van der Waals surface area contributed by atoms with Gasteiger partial charge in [0.2, 0.25) is 5.91 Å². The molecule has 4 rings (SSSR count). The van der Waals surface area contributed by atoms with Crippen molar-refractivity contribution in [2.24, 2.45) is 5.92 Å². The number of hydrogen-bond acceptors (Lipinski definition) is 3. The highest BCUT2D eigenvalue weighted by molar-refractivity contribution is 5.85. The summed E-state index contributed by atoms with van der Waals surface area (Å²) < 4.78 is 0. The first-order valence-corrected chi connectivity index (χ1v) is 8.69. The van der Waals surface area contributed by atoms with Gasteiger partial charge in [0, 0.05) is 38.4 Å². The van der Waals surface area contributed by atoms with Crippen LogP contribution in [0.25, 0.3) is 0 Å². The van der Waals surface area contributed by atoms with Gasteiger partial charge in [-0.2, -0.15) is 0 Å². The third-order valence-electron chi connectivity index (χ3n) is 5.00. The van der Waals surface area contributed by atoms with E-state index in [4.69, 9.17) is 0 Å². The maximum atomic E-state index is 11.9. The van der Waals surface area contributed by atoms with Crippen LogP contribution in [0.5, 0.6) is 0 Å². The molecule has 0 bridgehead atoms. The minimum Gasteiger partial charge on any atom is -0.367 e. The number of anilines is 1. The average molecular weight is 358 g/mol. The highest BCUT2D eigenvalue weighted by atomic mass is 35.5. The van der Waals surface area contributed by atoms with Crippen molar-refractivity contribution in [2.45, 2.75) is 19.5 Å². The molecule has 1 saturated heterocycles. The molecule has 0 aromatic heterocycles. The number of fused-ring (bicyclic) bond motifs is 1. The molecule has 1 fully saturated rings. The minimum absolute atomic E-state index is 0. The third kappa shape index (κ3) is 3.97. The monoisotopic (exact) mass is 357 g/mol. The number of halogens is 1. The van der Waals surface area contributed by atoms with Gasteiger partial charge in [0.15, 0.2) is 0 Å². The molecular weight excluding hydrogens is 334 g/mol. The first-order chi connectivity index (χ1) is 11.8. The zero-order valence-electron chi connectivity index (χ0n) is 14.2. The summed E-state index contributed by atoms with van der Waals surface area (Å²) in [7, 11) is 0. The molecule has 0 aliphatic carbocycles. The first kappa shape index (κ1) is 17.8. The average Bonchev–Trinajstić information content (AvgIpc) is 2.96. The van der Waals surface area contributed by atoms with Crippen molar-refractivity contribution in [3.8, 4) is 0 Å². The summed E-state index contributed by atoms with van der Waals surface area (Å²) in [6.45, 7) is 4.26. The van der Waals surface area contributed by atoms with E-state index in [1.54, 1.807) is 0 Å². The van der Waals surface area contributed by atoms with E-state index in [0.717, 1.165) is 38.2 Å². The fraction of sp³-hybridized carbons (Fsp3) is 0.350. The van der Waals surface area contributed by atoms with Crippen LogP contribution in [-0.2, 0) is 24.3 Å². The molecule has 0 radical (unpaired) electrons. The van der Waals surface area contributed by atoms with Gasteiger partial charge in [-0.1, -0.05) is 42.5 Å². The number of benzene rings is 2. The quantitative estimate of drug-likeness (QED) is 0.864. The van der Waals surface area contributed by atoms with Crippen LogP contribution in [0.3, 0.4) is 0 Å². The highest BCUT2D eigenvalue weighted by Gasteiger charge is 2.24. The largest absolute Gasteiger partial charge is 0.367 e. The lowest BCUT2D eigenvalue weighted by atomic mass is 10.0. The number of nitrogens with zero attached hydrogens (tertiary/aromatic N) is 1. The normalized spacial score (nSPS) is 15.9. The molecule has 1 amide bonds. The van der Waals surface area contributed by atoms with E-state index in [-0.39, 0.29) is 24.2 Å². The SMILES string of the molecule is Cl.O=C(NCc1ccc(CN2CCc3ccccc32)cc1)C1CNC1. The highest BCUT2D eigenvalue weighted by Crippen LogP contribution is 2.28. The van der Waals surface area contributed by atoms with E-state index in [9.17, 15) is 4.79 Å². The van der Waals surface area contributed by atoms with Crippen LogP contribution in [-0.4, -0.2) is 25.5 Å². The number of para-hydroxylation sites is 1. The molecule has 0 unspecified atom stereocenters. The first-order valence-electron chi connectivity index (χ1n) is 8.69. The number of carbonyl (C=O) groups excluding carboxylic acids is 1. The van der Waals surface area contributed by atoms with E-state index in [2.05, 4.69) is 64.1 Å². The smallest absolute Gasteiger partial charge is 0.225 e. The maximum absolute atomic E-state index is 11.9. The Morgan fingerprint density at radius 3 is 2.52 bits per heavy atom. The number of rotatable bonds is 5. The molecule has 132 valence electrons. The van der Waals surface area contributed by atoms with Gasteiger partial charge in [0.05, 0.1) is 5.92 Å². The number of carbonyl (C=O) groups is 1. The van der Waals surface area contributed by atoms with Crippen molar-refractivity contribution in [2.75, 3.05) is 24.5 Å². The predicted octanol–water partition coefficient (Wildman–Crippen LogP) is 2.51. The number of nitrogens with one attached hydrogen (secondary N) is 2. The van der Waals surface area contributed by atoms with E-state index in [1.807, 2.05) is 0 Å². The molecule has 0 spiro atoms. The molecule has 0 atom stereocenters. The topological polar surface area (TPSA) is 44.4 Å². The second kappa shape index (κ2) is 7.89. The Morgan fingerprint density at radius 2 is 1.80 bits per heavy atom. The molecule has 2 aliphatic heterocycles. The second-order valence-corrected chi connectivity index (χ2v) is 6.69. The van der Waals surface area contributed by atoms with E-state index in [1.165, 1.54) is 16.8 Å². The van der Waals surface area contributed by atoms with Crippen molar-refractivity contribution in [3.63, 3.8) is 0 Å². The molecule has 0 saturated carbocycles. The van der Waals surface area contributed by atoms with Crippen molar-refractivity contribution in [1.29, 1.82) is 0 Å². The van der Waals surface area contributed by atoms with Crippen molar-refractivity contribution in [1.82, 2.24) is 10.6 Å². The summed E-state index contributed by atoms with van der Waals surface area (Å²) in [5.74, 6) is 0.311. The second-order valence-electron chi connectivity index (χ2n) is 6.69. The lowest BCUT2D eigenvalue weighted by molar-refractivity contribution is -0.126. The van der Waals surface area contributed by atoms with E-state index < -0.39 is 0 Å². The Hall–Kier alpha value is -2.04. The van der Waals surface area contributed by atoms with Gasteiger partial charge in [-0.15, -0.1) is 12.4 Å². The summed E-state index contributed by atoms with van der Waals surface area (Å²) in [6.07, 6.45) is 1.14. The summed E-state index contributed by atoms with van der Waals surface area (Å²) in [5, 5.41) is 6.14. The summed E-state index contributed by atoms with van der Waals surface area (Å²) in [4.78, 5) is 14.3. The molecule has 2 aromatic rings. The van der Waals surface area contributed by atoms with Crippen LogP contribution in [0.1, 0.15) is 16.7 Å². The molecular formula is C20H24ClN3O. The fourth-order valence-corrected chi connectivity index (χ4v) is 3.36. The Bertz CT molecular complexity index is 728. The van der Waals surface area contributed by atoms with Gasteiger partial charge in [-0.05, 0) is 29.2 Å². The van der Waals surface area contributed by atoms with Gasteiger partial charge in [-0.3, -0.25) is 4.79 Å². The van der Waals surface area contributed by atoms with Crippen molar-refractivity contribution >= 4 is 24.0 Å². The Labute approximate surface area is 155 Å². The molecule has 25 heavy (non-hydrogen) atoms. The number of amides is 1. The fourth-order valence-electron chi connectivity index (χ4n) is 3.36. The summed E-state index contributed by atoms with van der Waals surface area (Å²) >= 11 is 0. The lowest BCUT2D eigenvalue weighted by Gasteiger charge is -2.25. The zero-order chi connectivity index (χ0) is 16.4. The summed E-state index contributed by atoms with van der Waals surface area (Å²) in [5.41, 5.74) is 5.27. The van der Waals surface area contributed by atoms with Gasteiger partial charge in [0.1, 0.15) is 0 Å². The predicted molar refractivity (Wildman–Crippen MR) is 103 cm³/mol. The van der Waals surface area contributed by atoms with Crippen LogP contribution in [0, 0.1) is 5.92 Å². The van der Waals surface area contributed by atoms with Crippen LogP contribution in [0.2, 0.25) is 0 Å². The van der Waals surface area contributed by atoms with Crippen molar-refractivity contribution in [3.05, 3.63) is 65.2 Å². The Balaban J connectivity index is 0.00000182. The van der Waals surface area contributed by atoms with Crippen molar-refractivity contribution < 1.29 is 4.79 Å². The molecule has 5 heteroatoms. The maximum Gasteiger partial charge on any atom is 0.225 e. The Morgan fingerprint density at radius 1 is 1.08 bits per heavy atom. The third-order valence-corrected chi connectivity index (χ3v) is 5.00. The summed E-state index contributed by atoms with van der Waals surface area (Å²) in [6, 6.07) is 17.2. The van der Waals surface area contributed by atoms with Gasteiger partial charge < -0.3 is 15.5 Å². The zero-order valence-corrected chi connectivity index (χ0v) is 15.0. The van der Waals surface area contributed by atoms with Gasteiger partial charge in [-0.25, -0.2) is 0 Å². The molecule has 2 heterocycles. The molecule has 4 nitrogen and oxygen atoms in total. The van der Waals surface area contributed by atoms with Crippen LogP contribution in [0.15, 0.2) is 48.5 Å². The van der Waals surface area contributed by atoms with Crippen LogP contribution < -0.4 is 15.5 Å². The van der Waals surface area contributed by atoms with E-state index >= 15 is 0 Å². The minimum atomic E-state index is 0. The lowest BCUT2D eigenvalue weighted by Crippen LogP contribution is -2.50. The van der Waals surface area contributed by atoms with E-state index in [0.29, 0.717) is 6.54 Å². The molecule has 2 aliphatic rings. The molecule has 2 aromatic carbocycles. The standard InChI is InChI=1S/C20H23N3O.ClH/c24-20(18-12-21-13-18)22-11-15-5-7-16(8-6-15)14-23-10-9-17-3-1-2-4-19(17)23;/h1-8,18,21H,9-14H2,(H,22,24);1H. The van der Waals surface area contributed by atoms with Gasteiger partial charge in [0.25, 0.3) is 0 Å². The Kier molecular flexibility index (Phi) is 5.61. The number of hydrogen-bond donors (Lipinski definition) is 2.